The van der Waals surface area contributed by atoms with E-state index in [-0.39, 0.29) is 29.3 Å². The van der Waals surface area contributed by atoms with Crippen LogP contribution in [0.1, 0.15) is 29.3 Å². The number of phenolic OH excluding ortho intramolecular Hbond substituents is 2. The van der Waals surface area contributed by atoms with Crippen LogP contribution >= 0.6 is 0 Å². The fraction of sp³-hybridized carbons (Fsp3) is 0.333. The Morgan fingerprint density at radius 1 is 1.47 bits per heavy atom. The van der Waals surface area contributed by atoms with E-state index in [2.05, 4.69) is 0 Å². The predicted octanol–water partition coefficient (Wildman–Crippen LogP) is 1.16. The number of hydrogen-bond acceptors (Lipinski definition) is 5. The van der Waals surface area contributed by atoms with Gasteiger partial charge in [-0.15, -0.1) is 0 Å². The maximum Gasteiger partial charge on any atom is 0.342 e. The molecule has 5 nitrogen and oxygen atoms in total. The van der Waals surface area contributed by atoms with Crippen molar-refractivity contribution >= 4 is 11.8 Å². The molecule has 1 atom stereocenters. The number of benzene rings is 1. The van der Waals surface area contributed by atoms with Gasteiger partial charge in [-0.1, -0.05) is 0 Å². The lowest BCUT2D eigenvalue weighted by atomic mass is 9.95. The Balaban J connectivity index is 2.36. The van der Waals surface area contributed by atoms with Gasteiger partial charge in [0.25, 0.3) is 0 Å². The van der Waals surface area contributed by atoms with E-state index in [1.807, 2.05) is 0 Å². The van der Waals surface area contributed by atoms with Crippen molar-refractivity contribution in [2.24, 2.45) is 0 Å². The van der Waals surface area contributed by atoms with Gasteiger partial charge < -0.3 is 14.9 Å². The van der Waals surface area contributed by atoms with Gasteiger partial charge >= 0.3 is 5.97 Å². The van der Waals surface area contributed by atoms with Crippen molar-refractivity contribution in [2.75, 3.05) is 0 Å². The quantitative estimate of drug-likeness (QED) is 0.753. The van der Waals surface area contributed by atoms with Crippen molar-refractivity contribution in [3.8, 4) is 11.5 Å². The summed E-state index contributed by atoms with van der Waals surface area (Å²) in [5.74, 6) is -1.14. The number of esters is 1. The van der Waals surface area contributed by atoms with Crippen LogP contribution in [0.4, 0.5) is 0 Å². The first-order valence-electron chi connectivity index (χ1n) is 5.22. The third-order valence-corrected chi connectivity index (χ3v) is 2.62. The number of fused-ring (bicyclic) bond motifs is 1. The van der Waals surface area contributed by atoms with Gasteiger partial charge in [0.05, 0.1) is 0 Å². The minimum absolute atomic E-state index is 0.0719. The molecule has 2 rings (SSSR count). The van der Waals surface area contributed by atoms with Crippen molar-refractivity contribution in [3.05, 3.63) is 23.3 Å². The van der Waals surface area contributed by atoms with Crippen LogP contribution in [-0.4, -0.2) is 28.1 Å². The number of aromatic hydroxyl groups is 2. The molecule has 1 aliphatic rings. The number of ether oxygens (including phenoxy) is 1. The largest absolute Gasteiger partial charge is 0.508 e. The third kappa shape index (κ3) is 2.22. The number of carbonyl (C=O) groups excluding carboxylic acids is 2. The number of rotatable bonds is 2. The van der Waals surface area contributed by atoms with E-state index >= 15 is 0 Å². The Bertz CT molecular complexity index is 492. The number of carbonyl (C=O) groups is 2. The van der Waals surface area contributed by atoms with E-state index in [4.69, 9.17) is 4.74 Å². The van der Waals surface area contributed by atoms with Crippen molar-refractivity contribution in [3.63, 3.8) is 0 Å². The first-order chi connectivity index (χ1) is 7.97. The Labute approximate surface area is 97.6 Å². The molecule has 1 aromatic rings. The van der Waals surface area contributed by atoms with E-state index in [1.165, 1.54) is 13.0 Å². The van der Waals surface area contributed by atoms with Crippen LogP contribution in [-0.2, 0) is 16.0 Å². The maximum atomic E-state index is 11.6. The van der Waals surface area contributed by atoms with E-state index in [0.29, 0.717) is 12.0 Å². The van der Waals surface area contributed by atoms with Crippen molar-refractivity contribution in [2.45, 2.75) is 25.9 Å². The molecule has 0 unspecified atom stereocenters. The molecule has 0 radical (unpaired) electrons. The Morgan fingerprint density at radius 3 is 2.82 bits per heavy atom. The highest BCUT2D eigenvalue weighted by molar-refractivity contribution is 5.95. The van der Waals surface area contributed by atoms with Gasteiger partial charge in [-0.3, -0.25) is 4.79 Å². The second-order valence-electron chi connectivity index (χ2n) is 4.14. The summed E-state index contributed by atoms with van der Waals surface area (Å²) in [6.07, 6.45) is -0.0572. The molecule has 0 bridgehead atoms. The molecular formula is C12H12O5. The molecule has 0 aliphatic carbocycles. The molecule has 90 valence electrons. The summed E-state index contributed by atoms with van der Waals surface area (Å²) < 4.78 is 5.04. The minimum atomic E-state index is -0.657. The predicted molar refractivity (Wildman–Crippen MR) is 58.0 cm³/mol. The molecule has 1 aromatic carbocycles. The first-order valence-corrected chi connectivity index (χ1v) is 5.22. The Hall–Kier alpha value is -2.04. The minimum Gasteiger partial charge on any atom is -0.508 e. The summed E-state index contributed by atoms with van der Waals surface area (Å²) >= 11 is 0. The van der Waals surface area contributed by atoms with Crippen LogP contribution in [0.2, 0.25) is 0 Å². The van der Waals surface area contributed by atoms with Gasteiger partial charge in [-0.25, -0.2) is 4.79 Å². The fourth-order valence-electron chi connectivity index (χ4n) is 2.00. The average Bonchev–Trinajstić information content (AvgIpc) is 2.13. The third-order valence-electron chi connectivity index (χ3n) is 2.62. The van der Waals surface area contributed by atoms with E-state index < -0.39 is 12.1 Å². The molecule has 1 aliphatic heterocycles. The number of hydrogen-bond donors (Lipinski definition) is 2. The zero-order valence-electron chi connectivity index (χ0n) is 9.27. The van der Waals surface area contributed by atoms with Crippen molar-refractivity contribution in [1.29, 1.82) is 0 Å². The SMILES string of the molecule is CC(=O)C[C@H]1Cc2cc(O)cc(O)c2C(=O)O1. The lowest BCUT2D eigenvalue weighted by molar-refractivity contribution is -0.119. The molecule has 17 heavy (non-hydrogen) atoms. The zero-order chi connectivity index (χ0) is 12.6. The molecule has 0 saturated carbocycles. The topological polar surface area (TPSA) is 83.8 Å². The van der Waals surface area contributed by atoms with Crippen LogP contribution in [0.5, 0.6) is 11.5 Å². The van der Waals surface area contributed by atoms with Gasteiger partial charge in [0, 0.05) is 18.9 Å². The van der Waals surface area contributed by atoms with Gasteiger partial charge in [0.1, 0.15) is 28.9 Å². The van der Waals surface area contributed by atoms with Crippen LogP contribution in [0.3, 0.4) is 0 Å². The number of Topliss-reactive ketones (excluding diaryl/α,β-unsaturated/α-hetero) is 1. The standard InChI is InChI=1S/C12H12O5/c1-6(13)2-9-4-7-3-8(14)5-10(15)11(7)12(16)17-9/h3,5,9,14-15H,2,4H2,1H3/t9-/m0/s1. The maximum absolute atomic E-state index is 11.6. The van der Waals surface area contributed by atoms with Crippen molar-refractivity contribution < 1.29 is 24.5 Å². The molecule has 0 spiro atoms. The van der Waals surface area contributed by atoms with Gasteiger partial charge in [-0.05, 0) is 18.6 Å². The first kappa shape index (κ1) is 11.4. The summed E-state index contributed by atoms with van der Waals surface area (Å²) in [4.78, 5) is 22.6. The van der Waals surface area contributed by atoms with Crippen LogP contribution < -0.4 is 0 Å². The van der Waals surface area contributed by atoms with Gasteiger partial charge in [-0.2, -0.15) is 0 Å². The summed E-state index contributed by atoms with van der Waals surface area (Å²) in [5, 5.41) is 18.9. The summed E-state index contributed by atoms with van der Waals surface area (Å²) in [5.41, 5.74) is 0.576. The number of cyclic esters (lactones) is 1. The number of ketones is 1. The number of phenols is 2. The Morgan fingerprint density at radius 2 is 2.18 bits per heavy atom. The molecular weight excluding hydrogens is 224 g/mol. The van der Waals surface area contributed by atoms with E-state index in [1.54, 1.807) is 0 Å². The molecule has 0 fully saturated rings. The second kappa shape index (κ2) is 4.08. The fourth-order valence-corrected chi connectivity index (χ4v) is 2.00. The zero-order valence-corrected chi connectivity index (χ0v) is 9.27. The molecule has 0 aromatic heterocycles. The highest BCUT2D eigenvalue weighted by atomic mass is 16.5. The lowest BCUT2D eigenvalue weighted by Gasteiger charge is -2.24. The summed E-state index contributed by atoms with van der Waals surface area (Å²) in [7, 11) is 0. The molecule has 5 heteroatoms. The van der Waals surface area contributed by atoms with Crippen molar-refractivity contribution in [1.82, 2.24) is 0 Å². The highest BCUT2D eigenvalue weighted by Gasteiger charge is 2.30. The normalized spacial score (nSPS) is 18.4. The average molecular weight is 236 g/mol. The Kier molecular flexibility index (Phi) is 2.75. The monoisotopic (exact) mass is 236 g/mol. The van der Waals surface area contributed by atoms with E-state index in [9.17, 15) is 19.8 Å². The molecule has 0 amide bonds. The smallest absolute Gasteiger partial charge is 0.342 e. The van der Waals surface area contributed by atoms with Crippen LogP contribution in [0.25, 0.3) is 0 Å². The lowest BCUT2D eigenvalue weighted by Crippen LogP contribution is -2.29. The van der Waals surface area contributed by atoms with E-state index in [0.717, 1.165) is 6.07 Å². The summed E-state index contributed by atoms with van der Waals surface area (Å²) in [6, 6.07) is 2.49. The van der Waals surface area contributed by atoms with Gasteiger partial charge in [0.2, 0.25) is 0 Å². The molecule has 1 heterocycles. The van der Waals surface area contributed by atoms with Gasteiger partial charge in [0.15, 0.2) is 0 Å². The summed E-state index contributed by atoms with van der Waals surface area (Å²) in [6.45, 7) is 1.42. The van der Waals surface area contributed by atoms with Crippen LogP contribution in [0, 0.1) is 0 Å². The highest BCUT2D eigenvalue weighted by Crippen LogP contribution is 2.32. The van der Waals surface area contributed by atoms with Crippen LogP contribution in [0.15, 0.2) is 12.1 Å². The molecule has 0 saturated heterocycles. The molecule has 2 N–H and O–H groups in total. The second-order valence-corrected chi connectivity index (χ2v) is 4.14.